The van der Waals surface area contributed by atoms with Crippen LogP contribution in [0.25, 0.3) is 0 Å². The average Bonchev–Trinajstić information content (AvgIpc) is 2.26. The van der Waals surface area contributed by atoms with E-state index in [1.54, 1.807) is 19.2 Å². The van der Waals surface area contributed by atoms with Crippen LogP contribution in [-0.4, -0.2) is 26.3 Å². The van der Waals surface area contributed by atoms with Crippen LogP contribution in [0.2, 0.25) is 0 Å². The Bertz CT molecular complexity index is 289. The van der Waals surface area contributed by atoms with E-state index in [1.807, 2.05) is 0 Å². The molecule has 0 radical (unpaired) electrons. The van der Waals surface area contributed by atoms with E-state index >= 15 is 0 Å². The van der Waals surface area contributed by atoms with Crippen LogP contribution >= 0.6 is 0 Å². The van der Waals surface area contributed by atoms with Crippen molar-refractivity contribution in [2.24, 2.45) is 0 Å². The molecule has 0 bridgehead atoms. The van der Waals surface area contributed by atoms with Gasteiger partial charge in [0.25, 0.3) is 6.43 Å². The van der Waals surface area contributed by atoms with Gasteiger partial charge >= 0.3 is 0 Å². The van der Waals surface area contributed by atoms with E-state index in [0.29, 0.717) is 0 Å². The molecule has 0 aromatic heterocycles. The third-order valence-electron chi connectivity index (χ3n) is 1.86. The molecular weight excluding hydrogens is 207 g/mol. The quantitative estimate of drug-likeness (QED) is 0.822. The maximum Gasteiger partial charge on any atom is 0.277 e. The molecule has 0 heterocycles. The summed E-state index contributed by atoms with van der Waals surface area (Å²) < 4.78 is 41.2. The molecule has 0 spiro atoms. The third kappa shape index (κ3) is 3.34. The molecule has 1 aromatic rings. The minimum absolute atomic E-state index is 0.233. The van der Waals surface area contributed by atoms with Gasteiger partial charge in [0.2, 0.25) is 0 Å². The molecule has 0 fully saturated rings. The first-order valence-corrected chi connectivity index (χ1v) is 4.46. The van der Waals surface area contributed by atoms with Gasteiger partial charge in [-0.15, -0.1) is 0 Å². The standard InChI is InChI=1S/C10H12F3NO/c1-14-7-2-4-8(5-3-7)15-9(6-11)10(12)13/h2-5,9-10,14H,6H2,1H3. The predicted molar refractivity (Wildman–Crippen MR) is 52.4 cm³/mol. The minimum Gasteiger partial charge on any atom is -0.482 e. The number of ether oxygens (including phenoxy) is 1. The lowest BCUT2D eigenvalue weighted by Crippen LogP contribution is -2.27. The molecule has 5 heteroatoms. The van der Waals surface area contributed by atoms with Gasteiger partial charge in [-0.1, -0.05) is 0 Å². The topological polar surface area (TPSA) is 21.3 Å². The molecule has 1 unspecified atom stereocenters. The van der Waals surface area contributed by atoms with E-state index in [-0.39, 0.29) is 5.75 Å². The molecule has 1 N–H and O–H groups in total. The number of nitrogens with one attached hydrogen (secondary N) is 1. The largest absolute Gasteiger partial charge is 0.482 e. The molecule has 0 aliphatic carbocycles. The van der Waals surface area contributed by atoms with Gasteiger partial charge in [0.1, 0.15) is 12.4 Å². The van der Waals surface area contributed by atoms with Crippen molar-refractivity contribution in [3.63, 3.8) is 0 Å². The molecule has 1 aromatic carbocycles. The van der Waals surface area contributed by atoms with Crippen LogP contribution in [0.15, 0.2) is 24.3 Å². The van der Waals surface area contributed by atoms with Crippen LogP contribution in [0, 0.1) is 0 Å². The fraction of sp³-hybridized carbons (Fsp3) is 0.400. The summed E-state index contributed by atoms with van der Waals surface area (Å²) in [5.74, 6) is 0.233. The van der Waals surface area contributed by atoms with Crippen molar-refractivity contribution in [1.29, 1.82) is 0 Å². The van der Waals surface area contributed by atoms with Gasteiger partial charge < -0.3 is 10.1 Å². The van der Waals surface area contributed by atoms with Crippen molar-refractivity contribution in [3.05, 3.63) is 24.3 Å². The second kappa shape index (κ2) is 5.48. The molecule has 0 amide bonds. The van der Waals surface area contributed by atoms with E-state index < -0.39 is 19.2 Å². The Hall–Kier alpha value is -1.39. The van der Waals surface area contributed by atoms with E-state index in [0.717, 1.165) is 5.69 Å². The summed E-state index contributed by atoms with van der Waals surface area (Å²) in [6, 6.07) is 6.35. The summed E-state index contributed by atoms with van der Waals surface area (Å²) in [7, 11) is 1.74. The van der Waals surface area contributed by atoms with E-state index in [1.165, 1.54) is 12.1 Å². The Kier molecular flexibility index (Phi) is 4.27. The molecule has 1 rings (SSSR count). The van der Waals surface area contributed by atoms with Crippen molar-refractivity contribution < 1.29 is 17.9 Å². The molecule has 0 aliphatic heterocycles. The molecule has 0 saturated heterocycles. The Morgan fingerprint density at radius 1 is 1.27 bits per heavy atom. The number of anilines is 1. The van der Waals surface area contributed by atoms with Gasteiger partial charge in [0.15, 0.2) is 6.10 Å². The van der Waals surface area contributed by atoms with Gasteiger partial charge in [-0.2, -0.15) is 0 Å². The minimum atomic E-state index is -2.82. The first-order chi connectivity index (χ1) is 7.17. The van der Waals surface area contributed by atoms with Crippen LogP contribution < -0.4 is 10.1 Å². The first kappa shape index (κ1) is 11.7. The molecule has 2 nitrogen and oxygen atoms in total. The number of hydrogen-bond acceptors (Lipinski definition) is 2. The smallest absolute Gasteiger partial charge is 0.277 e. The maximum absolute atomic E-state index is 12.2. The summed E-state index contributed by atoms with van der Waals surface area (Å²) in [5, 5.41) is 2.87. The zero-order chi connectivity index (χ0) is 11.3. The molecule has 0 aliphatic rings. The lowest BCUT2D eigenvalue weighted by molar-refractivity contribution is -0.00116. The third-order valence-corrected chi connectivity index (χ3v) is 1.86. The predicted octanol–water partition coefficient (Wildman–Crippen LogP) is 2.71. The lowest BCUT2D eigenvalue weighted by atomic mass is 10.3. The number of halogens is 3. The fourth-order valence-corrected chi connectivity index (χ4v) is 1.03. The van der Waals surface area contributed by atoms with Gasteiger partial charge in [-0.05, 0) is 24.3 Å². The van der Waals surface area contributed by atoms with Crippen molar-refractivity contribution >= 4 is 5.69 Å². The highest BCUT2D eigenvalue weighted by Crippen LogP contribution is 2.18. The monoisotopic (exact) mass is 219 g/mol. The summed E-state index contributed by atoms with van der Waals surface area (Å²) in [6.45, 7) is -1.20. The zero-order valence-electron chi connectivity index (χ0n) is 8.21. The summed E-state index contributed by atoms with van der Waals surface area (Å²) in [5.41, 5.74) is 0.830. The van der Waals surface area contributed by atoms with Crippen molar-refractivity contribution in [1.82, 2.24) is 0 Å². The van der Waals surface area contributed by atoms with Crippen LogP contribution in [0.3, 0.4) is 0 Å². The number of hydrogen-bond donors (Lipinski definition) is 1. The number of benzene rings is 1. The average molecular weight is 219 g/mol. The molecule has 15 heavy (non-hydrogen) atoms. The normalized spacial score (nSPS) is 12.6. The maximum atomic E-state index is 12.2. The van der Waals surface area contributed by atoms with Gasteiger partial charge in [-0.25, -0.2) is 13.2 Å². The Labute approximate surface area is 86.1 Å². The van der Waals surface area contributed by atoms with E-state index in [9.17, 15) is 13.2 Å². The molecular formula is C10H12F3NO. The highest BCUT2D eigenvalue weighted by Gasteiger charge is 2.21. The molecule has 1 atom stereocenters. The lowest BCUT2D eigenvalue weighted by Gasteiger charge is -2.15. The van der Waals surface area contributed by atoms with Crippen LogP contribution in [0.4, 0.5) is 18.9 Å². The summed E-state index contributed by atoms with van der Waals surface area (Å²) in [4.78, 5) is 0. The Balaban J connectivity index is 2.63. The van der Waals surface area contributed by atoms with Gasteiger partial charge in [0, 0.05) is 12.7 Å². The SMILES string of the molecule is CNc1ccc(OC(CF)C(F)F)cc1. The van der Waals surface area contributed by atoms with E-state index in [4.69, 9.17) is 4.74 Å². The summed E-state index contributed by atoms with van der Waals surface area (Å²) in [6.07, 6.45) is -4.51. The first-order valence-electron chi connectivity index (χ1n) is 4.46. The molecule has 0 saturated carbocycles. The molecule has 84 valence electrons. The zero-order valence-corrected chi connectivity index (χ0v) is 8.21. The van der Waals surface area contributed by atoms with Crippen LogP contribution in [0.5, 0.6) is 5.75 Å². The summed E-state index contributed by atoms with van der Waals surface area (Å²) >= 11 is 0. The van der Waals surface area contributed by atoms with Crippen molar-refractivity contribution in [2.75, 3.05) is 19.0 Å². The number of rotatable bonds is 5. The highest BCUT2D eigenvalue weighted by atomic mass is 19.3. The van der Waals surface area contributed by atoms with Crippen molar-refractivity contribution in [3.8, 4) is 5.75 Å². The van der Waals surface area contributed by atoms with E-state index in [2.05, 4.69) is 5.32 Å². The van der Waals surface area contributed by atoms with Gasteiger partial charge in [0.05, 0.1) is 0 Å². The second-order valence-corrected chi connectivity index (χ2v) is 2.92. The van der Waals surface area contributed by atoms with Gasteiger partial charge in [-0.3, -0.25) is 0 Å². The highest BCUT2D eigenvalue weighted by molar-refractivity contribution is 5.45. The van der Waals surface area contributed by atoms with Crippen LogP contribution in [0.1, 0.15) is 0 Å². The Morgan fingerprint density at radius 3 is 2.27 bits per heavy atom. The Morgan fingerprint density at radius 2 is 1.87 bits per heavy atom. The van der Waals surface area contributed by atoms with Crippen LogP contribution in [-0.2, 0) is 0 Å². The fourth-order valence-electron chi connectivity index (χ4n) is 1.03. The second-order valence-electron chi connectivity index (χ2n) is 2.92. The van der Waals surface area contributed by atoms with Crippen molar-refractivity contribution in [2.45, 2.75) is 12.5 Å². The number of alkyl halides is 3.